The number of carbonyl (C=O) groups excluding carboxylic acids is 1. The molecule has 0 heterocycles. The second-order valence-corrected chi connectivity index (χ2v) is 5.93. The van der Waals surface area contributed by atoms with Crippen LogP contribution in [0.5, 0.6) is 0 Å². The normalized spacial score (nSPS) is 11.8. The fourth-order valence-corrected chi connectivity index (χ4v) is 2.91. The maximum atomic E-state index is 12.7. The van der Waals surface area contributed by atoms with Crippen LogP contribution in [0.15, 0.2) is 79.4 Å². The van der Waals surface area contributed by atoms with Crippen LogP contribution in [-0.2, 0) is 4.79 Å². The lowest BCUT2D eigenvalue weighted by Gasteiger charge is -2.11. The Hall–Kier alpha value is -3.20. The van der Waals surface area contributed by atoms with E-state index >= 15 is 0 Å². The first-order valence-electron chi connectivity index (χ1n) is 8.07. The molecule has 0 aliphatic carbocycles. The maximum Gasteiger partial charge on any atom is 0.311 e. The van der Waals surface area contributed by atoms with E-state index in [2.05, 4.69) is 6.58 Å². The van der Waals surface area contributed by atoms with Crippen LogP contribution in [0.25, 0.3) is 10.8 Å². The van der Waals surface area contributed by atoms with Gasteiger partial charge in [0.05, 0.1) is 5.92 Å². The molecule has 1 unspecified atom stereocenters. The first-order valence-corrected chi connectivity index (χ1v) is 8.07. The summed E-state index contributed by atoms with van der Waals surface area (Å²) in [5.41, 5.74) is 1.83. The average Bonchev–Trinajstić information content (AvgIpc) is 2.65. The highest BCUT2D eigenvalue weighted by Gasteiger charge is 2.18. The Labute approximate surface area is 146 Å². The SMILES string of the molecule is C=CCC(C(=O)O)c1ccc(C(=O)c2ccc3ccccc3c2)cc1. The molecule has 0 amide bonds. The van der Waals surface area contributed by atoms with E-state index in [0.29, 0.717) is 23.1 Å². The Bertz CT molecular complexity index is 939. The third-order valence-corrected chi connectivity index (χ3v) is 4.29. The number of hydrogen-bond donors (Lipinski definition) is 1. The number of carbonyl (C=O) groups is 2. The van der Waals surface area contributed by atoms with Crippen molar-refractivity contribution >= 4 is 22.5 Å². The lowest BCUT2D eigenvalue weighted by molar-refractivity contribution is -0.138. The summed E-state index contributed by atoms with van der Waals surface area (Å²) in [5.74, 6) is -1.61. The highest BCUT2D eigenvalue weighted by molar-refractivity contribution is 6.10. The van der Waals surface area contributed by atoms with Crippen molar-refractivity contribution in [3.8, 4) is 0 Å². The van der Waals surface area contributed by atoms with Gasteiger partial charge in [-0.05, 0) is 28.8 Å². The Morgan fingerprint density at radius 1 is 0.920 bits per heavy atom. The summed E-state index contributed by atoms with van der Waals surface area (Å²) in [7, 11) is 0. The van der Waals surface area contributed by atoms with Gasteiger partial charge in [0, 0.05) is 11.1 Å². The zero-order valence-corrected chi connectivity index (χ0v) is 13.7. The minimum Gasteiger partial charge on any atom is -0.481 e. The van der Waals surface area contributed by atoms with Crippen LogP contribution >= 0.6 is 0 Å². The predicted octanol–water partition coefficient (Wildman–Crippen LogP) is 4.82. The largest absolute Gasteiger partial charge is 0.481 e. The number of aliphatic carboxylic acids is 1. The molecule has 3 nitrogen and oxygen atoms in total. The summed E-state index contributed by atoms with van der Waals surface area (Å²) >= 11 is 0. The molecule has 0 aromatic heterocycles. The Morgan fingerprint density at radius 2 is 1.56 bits per heavy atom. The van der Waals surface area contributed by atoms with Gasteiger partial charge in [0.1, 0.15) is 0 Å². The minimum absolute atomic E-state index is 0.0760. The van der Waals surface area contributed by atoms with Crippen LogP contribution in [0.1, 0.15) is 33.8 Å². The number of allylic oxidation sites excluding steroid dienone is 1. The van der Waals surface area contributed by atoms with Gasteiger partial charge in [0.15, 0.2) is 5.78 Å². The number of fused-ring (bicyclic) bond motifs is 1. The predicted molar refractivity (Wildman–Crippen MR) is 99.0 cm³/mol. The molecule has 1 N–H and O–H groups in total. The van der Waals surface area contributed by atoms with Crippen molar-refractivity contribution in [1.82, 2.24) is 0 Å². The van der Waals surface area contributed by atoms with Gasteiger partial charge in [0.25, 0.3) is 0 Å². The number of benzene rings is 3. The molecule has 0 radical (unpaired) electrons. The second kappa shape index (κ2) is 7.14. The summed E-state index contributed by atoms with van der Waals surface area (Å²) in [5, 5.41) is 11.4. The van der Waals surface area contributed by atoms with Crippen molar-refractivity contribution < 1.29 is 14.7 Å². The topological polar surface area (TPSA) is 54.4 Å². The van der Waals surface area contributed by atoms with Gasteiger partial charge < -0.3 is 5.11 Å². The van der Waals surface area contributed by atoms with Crippen LogP contribution in [0.3, 0.4) is 0 Å². The van der Waals surface area contributed by atoms with Gasteiger partial charge in [-0.25, -0.2) is 0 Å². The summed E-state index contributed by atoms with van der Waals surface area (Å²) in [4.78, 5) is 24.0. The Kier molecular flexibility index (Phi) is 4.75. The third kappa shape index (κ3) is 3.50. The van der Waals surface area contributed by atoms with Crippen molar-refractivity contribution in [1.29, 1.82) is 0 Å². The van der Waals surface area contributed by atoms with Gasteiger partial charge in [-0.3, -0.25) is 9.59 Å². The summed E-state index contributed by atoms with van der Waals surface area (Å²) in [6.45, 7) is 3.60. The van der Waals surface area contributed by atoms with Gasteiger partial charge in [-0.2, -0.15) is 0 Å². The van der Waals surface area contributed by atoms with E-state index in [1.54, 1.807) is 30.3 Å². The fourth-order valence-electron chi connectivity index (χ4n) is 2.91. The second-order valence-electron chi connectivity index (χ2n) is 5.93. The highest BCUT2D eigenvalue weighted by Crippen LogP contribution is 2.23. The Balaban J connectivity index is 1.89. The zero-order valence-electron chi connectivity index (χ0n) is 13.7. The standard InChI is InChI=1S/C22H18O3/c1-2-5-20(22(24)25)16-9-11-17(12-10-16)21(23)19-13-8-15-6-3-4-7-18(15)14-19/h2-4,6-14,20H,1,5H2,(H,24,25). The molecule has 3 aromatic rings. The van der Waals surface area contributed by atoms with E-state index in [9.17, 15) is 14.7 Å². The minimum atomic E-state index is -0.895. The number of rotatable bonds is 6. The summed E-state index contributed by atoms with van der Waals surface area (Å²) in [6, 6.07) is 20.3. The van der Waals surface area contributed by atoms with E-state index < -0.39 is 11.9 Å². The molecule has 25 heavy (non-hydrogen) atoms. The van der Waals surface area contributed by atoms with Crippen molar-refractivity contribution in [2.45, 2.75) is 12.3 Å². The van der Waals surface area contributed by atoms with Crippen LogP contribution in [0.2, 0.25) is 0 Å². The highest BCUT2D eigenvalue weighted by atomic mass is 16.4. The molecule has 0 saturated carbocycles. The van der Waals surface area contributed by atoms with E-state index in [-0.39, 0.29) is 5.78 Å². The molecule has 0 aliphatic rings. The average molecular weight is 330 g/mol. The molecule has 0 fully saturated rings. The quantitative estimate of drug-likeness (QED) is 0.521. The van der Waals surface area contributed by atoms with Crippen molar-refractivity contribution in [2.24, 2.45) is 0 Å². The summed E-state index contributed by atoms with van der Waals surface area (Å²) in [6.07, 6.45) is 1.94. The van der Waals surface area contributed by atoms with Crippen molar-refractivity contribution in [3.63, 3.8) is 0 Å². The fraction of sp³-hybridized carbons (Fsp3) is 0.0909. The first kappa shape index (κ1) is 16.7. The molecule has 3 heteroatoms. The molecule has 3 aromatic carbocycles. The van der Waals surface area contributed by atoms with Crippen molar-refractivity contribution in [2.75, 3.05) is 0 Å². The summed E-state index contributed by atoms with van der Waals surface area (Å²) < 4.78 is 0. The van der Waals surface area contributed by atoms with Gasteiger partial charge in [-0.1, -0.05) is 66.7 Å². The van der Waals surface area contributed by atoms with E-state index in [0.717, 1.165) is 10.8 Å². The van der Waals surface area contributed by atoms with Crippen LogP contribution in [0.4, 0.5) is 0 Å². The van der Waals surface area contributed by atoms with Gasteiger partial charge in [-0.15, -0.1) is 6.58 Å². The molecular formula is C22H18O3. The van der Waals surface area contributed by atoms with Crippen LogP contribution < -0.4 is 0 Å². The van der Waals surface area contributed by atoms with Crippen molar-refractivity contribution in [3.05, 3.63) is 96.1 Å². The number of hydrogen-bond acceptors (Lipinski definition) is 2. The number of carboxylic acid groups (broad SMARTS) is 1. The Morgan fingerprint density at radius 3 is 2.20 bits per heavy atom. The van der Waals surface area contributed by atoms with Crippen LogP contribution in [0, 0.1) is 0 Å². The van der Waals surface area contributed by atoms with E-state index in [4.69, 9.17) is 0 Å². The molecular weight excluding hydrogens is 312 g/mol. The lowest BCUT2D eigenvalue weighted by Crippen LogP contribution is -2.11. The molecule has 0 bridgehead atoms. The lowest BCUT2D eigenvalue weighted by atomic mass is 9.93. The van der Waals surface area contributed by atoms with Gasteiger partial charge >= 0.3 is 5.97 Å². The van der Waals surface area contributed by atoms with Gasteiger partial charge in [0.2, 0.25) is 0 Å². The molecule has 3 rings (SSSR count). The molecule has 1 atom stereocenters. The first-order chi connectivity index (χ1) is 12.1. The zero-order chi connectivity index (χ0) is 17.8. The van der Waals surface area contributed by atoms with Crippen LogP contribution in [-0.4, -0.2) is 16.9 Å². The smallest absolute Gasteiger partial charge is 0.311 e. The molecule has 0 spiro atoms. The molecule has 0 aliphatic heterocycles. The molecule has 0 saturated heterocycles. The monoisotopic (exact) mass is 330 g/mol. The third-order valence-electron chi connectivity index (χ3n) is 4.29. The maximum absolute atomic E-state index is 12.7. The van der Waals surface area contributed by atoms with E-state index in [1.165, 1.54) is 0 Å². The molecule has 124 valence electrons. The number of ketones is 1. The van der Waals surface area contributed by atoms with E-state index in [1.807, 2.05) is 42.5 Å². The number of carboxylic acids is 1.